The normalized spacial score (nSPS) is 14.0. The van der Waals surface area contributed by atoms with Crippen LogP contribution in [-0.4, -0.2) is 43.6 Å². The van der Waals surface area contributed by atoms with Gasteiger partial charge in [-0.3, -0.25) is 5.10 Å². The van der Waals surface area contributed by atoms with Gasteiger partial charge in [0.15, 0.2) is 5.03 Å². The van der Waals surface area contributed by atoms with E-state index in [0.717, 1.165) is 12.1 Å². The Kier molecular flexibility index (Phi) is 5.51. The van der Waals surface area contributed by atoms with Crippen molar-refractivity contribution in [3.8, 4) is 0 Å². The van der Waals surface area contributed by atoms with Gasteiger partial charge in [0.1, 0.15) is 0 Å². The van der Waals surface area contributed by atoms with Crippen molar-refractivity contribution >= 4 is 10.0 Å². The van der Waals surface area contributed by atoms with E-state index in [-0.39, 0.29) is 5.03 Å². The van der Waals surface area contributed by atoms with E-state index in [1.165, 1.54) is 4.31 Å². The summed E-state index contributed by atoms with van der Waals surface area (Å²) >= 11 is 0. The molecule has 0 radical (unpaired) electrons. The minimum atomic E-state index is -3.53. The Balaban J connectivity index is 3.06. The van der Waals surface area contributed by atoms with Crippen LogP contribution in [0.15, 0.2) is 5.03 Å². The molecule has 1 rings (SSSR count). The van der Waals surface area contributed by atoms with E-state index < -0.39 is 10.0 Å². The first-order valence-corrected chi connectivity index (χ1v) is 7.93. The van der Waals surface area contributed by atoms with Crippen LogP contribution >= 0.6 is 0 Å². The van der Waals surface area contributed by atoms with Crippen molar-refractivity contribution in [3.05, 3.63) is 11.3 Å². The summed E-state index contributed by atoms with van der Waals surface area (Å²) in [6.07, 6.45) is 0.947. The zero-order valence-electron chi connectivity index (χ0n) is 12.3. The maximum atomic E-state index is 12.5. The number of aryl methyl sites for hydroxylation is 1. The summed E-state index contributed by atoms with van der Waals surface area (Å²) in [7, 11) is -0.136. The van der Waals surface area contributed by atoms with Gasteiger partial charge in [0.2, 0.25) is 0 Å². The molecule has 6 nitrogen and oxygen atoms in total. The lowest BCUT2D eigenvalue weighted by Gasteiger charge is -2.20. The van der Waals surface area contributed by atoms with Gasteiger partial charge in [0.25, 0.3) is 10.0 Å². The SMILES string of the molecule is CCC(C)CN(C)S(=O)(=O)c1n[nH]c(C)c1CNC. The van der Waals surface area contributed by atoms with Crippen molar-refractivity contribution in [3.63, 3.8) is 0 Å². The van der Waals surface area contributed by atoms with Crippen LogP contribution in [0.1, 0.15) is 31.5 Å². The Morgan fingerprint density at radius 1 is 1.47 bits per heavy atom. The molecule has 0 bridgehead atoms. The van der Waals surface area contributed by atoms with Crippen molar-refractivity contribution in [1.29, 1.82) is 0 Å². The molecule has 0 spiro atoms. The van der Waals surface area contributed by atoms with E-state index in [0.29, 0.717) is 24.6 Å². The van der Waals surface area contributed by atoms with E-state index in [1.807, 2.05) is 13.8 Å². The number of hydrogen-bond donors (Lipinski definition) is 2. The van der Waals surface area contributed by atoms with Crippen molar-refractivity contribution in [1.82, 2.24) is 19.8 Å². The van der Waals surface area contributed by atoms with Gasteiger partial charge in [-0.15, -0.1) is 0 Å². The monoisotopic (exact) mass is 288 g/mol. The molecular formula is C12H24N4O2S. The first-order valence-electron chi connectivity index (χ1n) is 6.49. The molecule has 0 saturated carbocycles. The molecule has 2 N–H and O–H groups in total. The Bertz CT molecular complexity index is 510. The fourth-order valence-corrected chi connectivity index (χ4v) is 3.29. The van der Waals surface area contributed by atoms with Gasteiger partial charge >= 0.3 is 0 Å². The zero-order chi connectivity index (χ0) is 14.6. The van der Waals surface area contributed by atoms with Gasteiger partial charge < -0.3 is 5.32 Å². The quantitative estimate of drug-likeness (QED) is 0.787. The van der Waals surface area contributed by atoms with Crippen molar-refractivity contribution in [2.24, 2.45) is 5.92 Å². The average molecular weight is 288 g/mol. The Hall–Kier alpha value is -0.920. The first-order chi connectivity index (χ1) is 8.84. The molecule has 1 atom stereocenters. The summed E-state index contributed by atoms with van der Waals surface area (Å²) < 4.78 is 26.4. The number of aromatic nitrogens is 2. The van der Waals surface area contributed by atoms with Crippen LogP contribution in [0.25, 0.3) is 0 Å². The number of rotatable bonds is 7. The summed E-state index contributed by atoms with van der Waals surface area (Å²) in [5.74, 6) is 0.326. The summed E-state index contributed by atoms with van der Waals surface area (Å²) in [4.78, 5) is 0. The maximum Gasteiger partial charge on any atom is 0.262 e. The highest BCUT2D eigenvalue weighted by Crippen LogP contribution is 2.20. The second-order valence-electron chi connectivity index (χ2n) is 4.96. The molecule has 0 aliphatic carbocycles. The van der Waals surface area contributed by atoms with Crippen LogP contribution in [0, 0.1) is 12.8 Å². The summed E-state index contributed by atoms with van der Waals surface area (Å²) in [5.41, 5.74) is 1.49. The van der Waals surface area contributed by atoms with Gasteiger partial charge in [-0.05, 0) is 19.9 Å². The Morgan fingerprint density at radius 3 is 2.63 bits per heavy atom. The molecule has 1 heterocycles. The highest BCUT2D eigenvalue weighted by molar-refractivity contribution is 7.89. The Morgan fingerprint density at radius 2 is 2.11 bits per heavy atom. The van der Waals surface area contributed by atoms with Gasteiger partial charge in [-0.2, -0.15) is 9.40 Å². The second kappa shape index (κ2) is 6.49. The van der Waals surface area contributed by atoms with E-state index in [1.54, 1.807) is 14.1 Å². The highest BCUT2D eigenvalue weighted by Gasteiger charge is 2.28. The van der Waals surface area contributed by atoms with Crippen molar-refractivity contribution in [2.45, 2.75) is 38.8 Å². The van der Waals surface area contributed by atoms with Crippen LogP contribution in [0.5, 0.6) is 0 Å². The van der Waals surface area contributed by atoms with Gasteiger partial charge in [0.05, 0.1) is 0 Å². The lowest BCUT2D eigenvalue weighted by atomic mass is 10.1. The number of sulfonamides is 1. The van der Waals surface area contributed by atoms with Crippen molar-refractivity contribution < 1.29 is 8.42 Å². The summed E-state index contributed by atoms with van der Waals surface area (Å²) in [6.45, 7) is 6.90. The molecule has 7 heteroatoms. The summed E-state index contributed by atoms with van der Waals surface area (Å²) in [6, 6.07) is 0. The molecule has 1 unspecified atom stereocenters. The molecule has 0 aromatic carbocycles. The number of nitrogens with zero attached hydrogens (tertiary/aromatic N) is 2. The van der Waals surface area contributed by atoms with Crippen LogP contribution in [0.2, 0.25) is 0 Å². The largest absolute Gasteiger partial charge is 0.316 e. The predicted octanol–water partition coefficient (Wildman–Crippen LogP) is 1.10. The first kappa shape index (κ1) is 16.1. The molecule has 0 aliphatic heterocycles. The molecule has 1 aromatic rings. The van der Waals surface area contributed by atoms with Gasteiger partial charge in [-0.25, -0.2) is 8.42 Å². The molecule has 0 amide bonds. The van der Waals surface area contributed by atoms with Crippen LogP contribution in [0.4, 0.5) is 0 Å². The van der Waals surface area contributed by atoms with Crippen LogP contribution in [0.3, 0.4) is 0 Å². The lowest BCUT2D eigenvalue weighted by molar-refractivity contribution is 0.392. The topological polar surface area (TPSA) is 78.1 Å². The maximum absolute atomic E-state index is 12.5. The number of nitrogens with one attached hydrogen (secondary N) is 2. The zero-order valence-corrected chi connectivity index (χ0v) is 13.1. The number of H-pyrrole nitrogens is 1. The van der Waals surface area contributed by atoms with Crippen LogP contribution < -0.4 is 5.32 Å². The van der Waals surface area contributed by atoms with Gasteiger partial charge in [0, 0.05) is 31.4 Å². The molecule has 0 saturated heterocycles. The van der Waals surface area contributed by atoms with E-state index in [9.17, 15) is 8.42 Å². The number of hydrogen-bond acceptors (Lipinski definition) is 4. The smallest absolute Gasteiger partial charge is 0.262 e. The van der Waals surface area contributed by atoms with E-state index in [4.69, 9.17) is 0 Å². The van der Waals surface area contributed by atoms with E-state index >= 15 is 0 Å². The molecular weight excluding hydrogens is 264 g/mol. The number of aromatic amines is 1. The van der Waals surface area contributed by atoms with Crippen molar-refractivity contribution in [2.75, 3.05) is 20.6 Å². The van der Waals surface area contributed by atoms with E-state index in [2.05, 4.69) is 22.4 Å². The summed E-state index contributed by atoms with van der Waals surface area (Å²) in [5, 5.41) is 9.82. The molecule has 1 aromatic heterocycles. The molecule has 110 valence electrons. The molecule has 0 aliphatic rings. The Labute approximate surface area is 115 Å². The van der Waals surface area contributed by atoms with Gasteiger partial charge in [-0.1, -0.05) is 20.3 Å². The van der Waals surface area contributed by atoms with Crippen LogP contribution in [-0.2, 0) is 16.6 Å². The molecule has 19 heavy (non-hydrogen) atoms. The average Bonchev–Trinajstić information content (AvgIpc) is 2.72. The lowest BCUT2D eigenvalue weighted by Crippen LogP contribution is -2.32. The second-order valence-corrected chi connectivity index (χ2v) is 6.92. The third-order valence-electron chi connectivity index (χ3n) is 3.31. The highest BCUT2D eigenvalue weighted by atomic mass is 32.2. The predicted molar refractivity (Wildman–Crippen MR) is 75.4 cm³/mol. The standard InChI is InChI=1S/C12H24N4O2S/c1-6-9(2)8-16(5)19(17,18)12-11(7-13-4)10(3)14-15-12/h9,13H,6-8H2,1-5H3,(H,14,15). The molecule has 0 fully saturated rings. The third kappa shape index (κ3) is 3.55. The minimum absolute atomic E-state index is 0.130. The third-order valence-corrected chi connectivity index (χ3v) is 5.11. The fraction of sp³-hybridized carbons (Fsp3) is 0.750. The minimum Gasteiger partial charge on any atom is -0.316 e. The fourth-order valence-electron chi connectivity index (χ4n) is 1.84.